The topological polar surface area (TPSA) is 65.4 Å². The second-order valence-corrected chi connectivity index (χ2v) is 8.77. The Balaban J connectivity index is 1.60. The SMILES string of the molecule is Oc1ccc(O)c(CNc2cccc(-c3c(Cc4ccccc4)cnc4c(C(F)(F)F)cccc34)c2)c1. The van der Waals surface area contributed by atoms with Gasteiger partial charge in [-0.25, -0.2) is 0 Å². The fourth-order valence-corrected chi connectivity index (χ4v) is 4.48. The molecule has 0 atom stereocenters. The number of hydrogen-bond acceptors (Lipinski definition) is 4. The minimum absolute atomic E-state index is 0.0395. The van der Waals surface area contributed by atoms with E-state index in [9.17, 15) is 23.4 Å². The number of phenols is 2. The summed E-state index contributed by atoms with van der Waals surface area (Å²) in [6.45, 7) is 0.246. The van der Waals surface area contributed by atoms with E-state index < -0.39 is 11.7 Å². The summed E-state index contributed by atoms with van der Waals surface area (Å²) in [4.78, 5) is 4.26. The molecule has 0 radical (unpaired) electrons. The largest absolute Gasteiger partial charge is 0.508 e. The summed E-state index contributed by atoms with van der Waals surface area (Å²) >= 11 is 0. The van der Waals surface area contributed by atoms with E-state index in [1.807, 2.05) is 54.6 Å². The van der Waals surface area contributed by atoms with Gasteiger partial charge in [0.05, 0.1) is 11.1 Å². The standard InChI is InChI=1S/C30H23F3N2O2/c31-30(32,33)26-11-5-10-25-28(22(18-35-29(25)26)14-19-6-2-1-3-7-19)20-8-4-9-23(15-20)34-17-21-16-24(36)12-13-27(21)37/h1-13,15-16,18,34,36-37H,14,17H2. The molecule has 186 valence electrons. The van der Waals surface area contributed by atoms with Crippen LogP contribution in [0.3, 0.4) is 0 Å². The molecule has 5 rings (SSSR count). The predicted octanol–water partition coefficient (Wildman–Crippen LogP) is 7.53. The van der Waals surface area contributed by atoms with E-state index in [-0.39, 0.29) is 23.6 Å². The molecule has 37 heavy (non-hydrogen) atoms. The second-order valence-electron chi connectivity index (χ2n) is 8.77. The van der Waals surface area contributed by atoms with Gasteiger partial charge < -0.3 is 15.5 Å². The fraction of sp³-hybridized carbons (Fsp3) is 0.100. The average Bonchev–Trinajstić information content (AvgIpc) is 2.89. The van der Waals surface area contributed by atoms with Crippen LogP contribution in [0.1, 0.15) is 22.3 Å². The first-order valence-corrected chi connectivity index (χ1v) is 11.7. The van der Waals surface area contributed by atoms with Gasteiger partial charge in [-0.1, -0.05) is 54.6 Å². The number of anilines is 1. The number of alkyl halides is 3. The summed E-state index contributed by atoms with van der Waals surface area (Å²) in [5.74, 6) is 0.0871. The van der Waals surface area contributed by atoms with Crippen molar-refractivity contribution < 1.29 is 23.4 Å². The highest BCUT2D eigenvalue weighted by molar-refractivity contribution is 5.98. The van der Waals surface area contributed by atoms with Crippen LogP contribution in [-0.2, 0) is 19.1 Å². The number of benzene rings is 4. The molecule has 0 spiro atoms. The Bertz CT molecular complexity index is 1570. The highest BCUT2D eigenvalue weighted by atomic mass is 19.4. The predicted molar refractivity (Wildman–Crippen MR) is 139 cm³/mol. The Labute approximate surface area is 211 Å². The van der Waals surface area contributed by atoms with Crippen LogP contribution in [0.15, 0.2) is 97.2 Å². The van der Waals surface area contributed by atoms with Gasteiger partial charge in [0.25, 0.3) is 0 Å². The van der Waals surface area contributed by atoms with Gasteiger partial charge in [0.15, 0.2) is 0 Å². The Morgan fingerprint density at radius 3 is 2.35 bits per heavy atom. The molecule has 0 aliphatic heterocycles. The lowest BCUT2D eigenvalue weighted by Crippen LogP contribution is -2.07. The molecule has 1 heterocycles. The summed E-state index contributed by atoms with van der Waals surface area (Å²) in [7, 11) is 0. The van der Waals surface area contributed by atoms with Crippen LogP contribution in [0, 0.1) is 0 Å². The van der Waals surface area contributed by atoms with Gasteiger partial charge in [-0.3, -0.25) is 4.98 Å². The second kappa shape index (κ2) is 9.85. The normalized spacial score (nSPS) is 11.5. The Kier molecular flexibility index (Phi) is 6.44. The van der Waals surface area contributed by atoms with Crippen molar-refractivity contribution in [2.24, 2.45) is 0 Å². The zero-order valence-electron chi connectivity index (χ0n) is 19.6. The Hall–Kier alpha value is -4.52. The number of hydrogen-bond donors (Lipinski definition) is 3. The van der Waals surface area contributed by atoms with Gasteiger partial charge in [0, 0.05) is 29.4 Å². The van der Waals surface area contributed by atoms with Crippen LogP contribution in [0.25, 0.3) is 22.0 Å². The van der Waals surface area contributed by atoms with Crippen LogP contribution < -0.4 is 5.32 Å². The monoisotopic (exact) mass is 500 g/mol. The molecule has 5 aromatic rings. The molecule has 0 aliphatic carbocycles. The van der Waals surface area contributed by atoms with E-state index in [0.29, 0.717) is 28.6 Å². The molecule has 4 nitrogen and oxygen atoms in total. The smallest absolute Gasteiger partial charge is 0.418 e. The van der Waals surface area contributed by atoms with Crippen LogP contribution in [-0.4, -0.2) is 15.2 Å². The average molecular weight is 501 g/mol. The summed E-state index contributed by atoms with van der Waals surface area (Å²) in [5, 5.41) is 23.5. The number of halogens is 3. The zero-order valence-corrected chi connectivity index (χ0v) is 19.6. The first kappa shape index (κ1) is 24.2. The quantitative estimate of drug-likeness (QED) is 0.211. The van der Waals surface area contributed by atoms with Gasteiger partial charge in [-0.15, -0.1) is 0 Å². The lowest BCUT2D eigenvalue weighted by atomic mass is 9.91. The van der Waals surface area contributed by atoms with Gasteiger partial charge in [-0.05, 0) is 65.1 Å². The zero-order chi connectivity index (χ0) is 26.0. The van der Waals surface area contributed by atoms with E-state index >= 15 is 0 Å². The molecular weight excluding hydrogens is 477 g/mol. The van der Waals surface area contributed by atoms with Crippen molar-refractivity contribution in [3.63, 3.8) is 0 Å². The van der Waals surface area contributed by atoms with Gasteiger partial charge in [0.2, 0.25) is 0 Å². The summed E-state index contributed by atoms with van der Waals surface area (Å²) in [5.41, 5.74) is 3.61. The molecular formula is C30H23F3N2O2. The highest BCUT2D eigenvalue weighted by Gasteiger charge is 2.33. The highest BCUT2D eigenvalue weighted by Crippen LogP contribution is 2.39. The molecule has 0 aliphatic rings. The summed E-state index contributed by atoms with van der Waals surface area (Å²) < 4.78 is 41.4. The van der Waals surface area contributed by atoms with Crippen molar-refractivity contribution in [3.05, 3.63) is 119 Å². The maximum Gasteiger partial charge on any atom is 0.418 e. The van der Waals surface area contributed by atoms with Crippen LogP contribution in [0.5, 0.6) is 11.5 Å². The van der Waals surface area contributed by atoms with Gasteiger partial charge >= 0.3 is 6.18 Å². The number of phenolic OH excluding ortho intramolecular Hbond substituents is 2. The third kappa shape index (κ3) is 5.21. The minimum Gasteiger partial charge on any atom is -0.508 e. The maximum absolute atomic E-state index is 13.8. The molecule has 3 N–H and O–H groups in total. The van der Waals surface area contributed by atoms with Crippen molar-refractivity contribution in [3.8, 4) is 22.6 Å². The number of aromatic hydroxyl groups is 2. The minimum atomic E-state index is -4.53. The first-order chi connectivity index (χ1) is 17.8. The molecule has 1 aromatic heterocycles. The fourth-order valence-electron chi connectivity index (χ4n) is 4.48. The van der Waals surface area contributed by atoms with Crippen LogP contribution in [0.2, 0.25) is 0 Å². The third-order valence-electron chi connectivity index (χ3n) is 6.22. The van der Waals surface area contributed by atoms with Crippen molar-refractivity contribution >= 4 is 16.6 Å². The number of nitrogens with zero attached hydrogens (tertiary/aromatic N) is 1. The Morgan fingerprint density at radius 2 is 1.57 bits per heavy atom. The van der Waals surface area contributed by atoms with Crippen molar-refractivity contribution in [1.82, 2.24) is 4.98 Å². The Morgan fingerprint density at radius 1 is 0.784 bits per heavy atom. The number of para-hydroxylation sites is 1. The number of nitrogens with one attached hydrogen (secondary N) is 1. The summed E-state index contributed by atoms with van der Waals surface area (Å²) in [6.07, 6.45) is -2.49. The lowest BCUT2D eigenvalue weighted by Gasteiger charge is -2.17. The van der Waals surface area contributed by atoms with Crippen molar-refractivity contribution in [2.45, 2.75) is 19.1 Å². The van der Waals surface area contributed by atoms with E-state index in [1.54, 1.807) is 6.07 Å². The molecule has 4 aromatic carbocycles. The van der Waals surface area contributed by atoms with Gasteiger partial charge in [0.1, 0.15) is 11.5 Å². The molecule has 0 saturated carbocycles. The molecule has 0 unspecified atom stereocenters. The number of fused-ring (bicyclic) bond motifs is 1. The molecule has 0 fully saturated rings. The van der Waals surface area contributed by atoms with Crippen LogP contribution >= 0.6 is 0 Å². The molecule has 0 amide bonds. The van der Waals surface area contributed by atoms with E-state index in [0.717, 1.165) is 22.8 Å². The van der Waals surface area contributed by atoms with Crippen molar-refractivity contribution in [1.29, 1.82) is 0 Å². The van der Waals surface area contributed by atoms with Crippen molar-refractivity contribution in [2.75, 3.05) is 5.32 Å². The van der Waals surface area contributed by atoms with Crippen LogP contribution in [0.4, 0.5) is 18.9 Å². The van der Waals surface area contributed by atoms with E-state index in [2.05, 4.69) is 10.3 Å². The van der Waals surface area contributed by atoms with E-state index in [1.165, 1.54) is 30.5 Å². The lowest BCUT2D eigenvalue weighted by molar-refractivity contribution is -0.136. The molecule has 0 saturated heterocycles. The van der Waals surface area contributed by atoms with E-state index in [4.69, 9.17) is 0 Å². The molecule has 0 bridgehead atoms. The maximum atomic E-state index is 13.8. The number of rotatable bonds is 6. The first-order valence-electron chi connectivity index (χ1n) is 11.7. The number of pyridine rings is 1. The molecule has 7 heteroatoms. The van der Waals surface area contributed by atoms with Gasteiger partial charge in [-0.2, -0.15) is 13.2 Å². The third-order valence-corrected chi connectivity index (χ3v) is 6.22. The number of aromatic nitrogens is 1. The summed E-state index contributed by atoms with van der Waals surface area (Å²) in [6, 6.07) is 25.5.